The van der Waals surface area contributed by atoms with Gasteiger partial charge in [-0.15, -0.1) is 0 Å². The van der Waals surface area contributed by atoms with Crippen LogP contribution < -0.4 is 0 Å². The number of carbonyl (C=O) groups is 2. The fourth-order valence-corrected chi connectivity index (χ4v) is 3.16. The molecule has 3 aromatic carbocycles. The Morgan fingerprint density at radius 3 is 1.37 bits per heavy atom. The van der Waals surface area contributed by atoms with Gasteiger partial charge in [0.15, 0.2) is 0 Å². The van der Waals surface area contributed by atoms with E-state index in [1.807, 2.05) is 0 Å². The monoisotopic (exact) mass is 408 g/mol. The van der Waals surface area contributed by atoms with Gasteiger partial charge in [0, 0.05) is 38.3 Å². The molecule has 4 nitrogen and oxygen atoms in total. The van der Waals surface area contributed by atoms with Crippen molar-refractivity contribution in [1.29, 1.82) is 0 Å². The average molecular weight is 408 g/mol. The quantitative estimate of drug-likeness (QED) is 0.602. The molecule has 0 N–H and O–H groups in total. The third-order valence-electron chi connectivity index (χ3n) is 4.69. The van der Waals surface area contributed by atoms with Crippen LogP contribution in [0.2, 0.25) is 0 Å². The molecule has 0 aliphatic rings. The molecule has 0 fully saturated rings. The molecule has 0 bridgehead atoms. The van der Waals surface area contributed by atoms with E-state index in [0.29, 0.717) is 22.3 Å². The number of benzene rings is 3. The van der Waals surface area contributed by atoms with E-state index in [9.17, 15) is 18.4 Å². The highest BCUT2D eigenvalue weighted by Gasteiger charge is 2.16. The highest BCUT2D eigenvalue weighted by molar-refractivity contribution is 5.97. The summed E-state index contributed by atoms with van der Waals surface area (Å²) < 4.78 is 26.7. The van der Waals surface area contributed by atoms with Crippen LogP contribution in [0.15, 0.2) is 72.8 Å². The maximum atomic E-state index is 13.3. The summed E-state index contributed by atoms with van der Waals surface area (Å²) in [5, 5.41) is 0. The summed E-state index contributed by atoms with van der Waals surface area (Å²) in [6, 6.07) is 18.6. The van der Waals surface area contributed by atoms with Gasteiger partial charge in [-0.1, -0.05) is 24.3 Å². The number of hydrogen-bond acceptors (Lipinski definition) is 2. The predicted octanol–water partition coefficient (Wildman–Crippen LogP) is 4.51. The number of halogens is 2. The summed E-state index contributed by atoms with van der Waals surface area (Å²) in [6.45, 7) is 0.543. The first-order valence-corrected chi connectivity index (χ1v) is 9.43. The molecule has 0 atom stereocenters. The Morgan fingerprint density at radius 1 is 0.667 bits per heavy atom. The first-order chi connectivity index (χ1) is 14.3. The zero-order chi connectivity index (χ0) is 21.7. The maximum absolute atomic E-state index is 13.3. The van der Waals surface area contributed by atoms with E-state index in [0.717, 1.165) is 0 Å². The highest BCUT2D eigenvalue weighted by Crippen LogP contribution is 2.14. The Morgan fingerprint density at radius 2 is 1.03 bits per heavy atom. The Labute approximate surface area is 174 Å². The van der Waals surface area contributed by atoms with Crippen molar-refractivity contribution in [1.82, 2.24) is 9.80 Å². The van der Waals surface area contributed by atoms with E-state index in [1.165, 1.54) is 34.1 Å². The number of nitrogens with zero attached hydrogens (tertiary/aromatic N) is 2. The number of amides is 2. The van der Waals surface area contributed by atoms with E-state index in [-0.39, 0.29) is 36.5 Å². The van der Waals surface area contributed by atoms with Crippen molar-refractivity contribution in [2.24, 2.45) is 0 Å². The average Bonchev–Trinajstić information content (AvgIpc) is 2.73. The molecule has 0 saturated carbocycles. The standard InChI is InChI=1S/C24H22F2N2O2/c1-27(15-17-5-3-7-21(25)13-17)23(29)19-9-11-20(12-10-19)24(30)28(2)16-18-6-4-8-22(26)14-18/h3-14H,15-16H2,1-2H3. The Hall–Kier alpha value is -3.54. The van der Waals surface area contributed by atoms with Gasteiger partial charge in [0.1, 0.15) is 11.6 Å². The van der Waals surface area contributed by atoms with Gasteiger partial charge in [-0.05, 0) is 59.7 Å². The van der Waals surface area contributed by atoms with Gasteiger partial charge in [-0.3, -0.25) is 9.59 Å². The Bertz CT molecular complexity index is 967. The van der Waals surface area contributed by atoms with Gasteiger partial charge in [0.25, 0.3) is 11.8 Å². The molecular formula is C24H22F2N2O2. The number of rotatable bonds is 6. The van der Waals surface area contributed by atoms with Crippen molar-refractivity contribution in [3.63, 3.8) is 0 Å². The largest absolute Gasteiger partial charge is 0.337 e. The van der Waals surface area contributed by atoms with Gasteiger partial charge in [-0.2, -0.15) is 0 Å². The molecule has 0 aliphatic heterocycles. The summed E-state index contributed by atoms with van der Waals surface area (Å²) in [7, 11) is 3.28. The van der Waals surface area contributed by atoms with Crippen LogP contribution in [0.3, 0.4) is 0 Å². The molecular weight excluding hydrogens is 386 g/mol. The van der Waals surface area contributed by atoms with Crippen molar-refractivity contribution in [3.8, 4) is 0 Å². The van der Waals surface area contributed by atoms with Crippen LogP contribution in [0.4, 0.5) is 8.78 Å². The predicted molar refractivity (Wildman–Crippen MR) is 111 cm³/mol. The zero-order valence-corrected chi connectivity index (χ0v) is 16.8. The molecule has 30 heavy (non-hydrogen) atoms. The first-order valence-electron chi connectivity index (χ1n) is 9.43. The molecule has 0 spiro atoms. The summed E-state index contributed by atoms with van der Waals surface area (Å²) >= 11 is 0. The minimum absolute atomic E-state index is 0.230. The fraction of sp³-hybridized carbons (Fsp3) is 0.167. The second-order valence-corrected chi connectivity index (χ2v) is 7.16. The number of hydrogen-bond donors (Lipinski definition) is 0. The lowest BCUT2D eigenvalue weighted by molar-refractivity contribution is 0.0773. The van der Waals surface area contributed by atoms with Gasteiger partial charge < -0.3 is 9.80 Å². The maximum Gasteiger partial charge on any atom is 0.253 e. The molecule has 0 aliphatic carbocycles. The van der Waals surface area contributed by atoms with Crippen LogP contribution in [0.1, 0.15) is 31.8 Å². The van der Waals surface area contributed by atoms with Crippen LogP contribution in [0.25, 0.3) is 0 Å². The molecule has 0 aromatic heterocycles. The smallest absolute Gasteiger partial charge is 0.253 e. The van der Waals surface area contributed by atoms with Crippen molar-refractivity contribution in [3.05, 3.63) is 107 Å². The fourth-order valence-electron chi connectivity index (χ4n) is 3.16. The van der Waals surface area contributed by atoms with E-state index in [4.69, 9.17) is 0 Å². The molecule has 0 heterocycles. The molecule has 3 rings (SSSR count). The van der Waals surface area contributed by atoms with Gasteiger partial charge in [-0.25, -0.2) is 8.78 Å². The minimum atomic E-state index is -0.349. The molecule has 2 amide bonds. The van der Waals surface area contributed by atoms with Gasteiger partial charge >= 0.3 is 0 Å². The normalized spacial score (nSPS) is 10.5. The minimum Gasteiger partial charge on any atom is -0.337 e. The Balaban J connectivity index is 1.64. The molecule has 0 radical (unpaired) electrons. The van der Waals surface area contributed by atoms with Crippen molar-refractivity contribution in [2.75, 3.05) is 14.1 Å². The number of carbonyl (C=O) groups excluding carboxylic acids is 2. The molecule has 6 heteroatoms. The van der Waals surface area contributed by atoms with Crippen LogP contribution in [0, 0.1) is 11.6 Å². The van der Waals surface area contributed by atoms with Crippen LogP contribution in [-0.2, 0) is 13.1 Å². The van der Waals surface area contributed by atoms with E-state index >= 15 is 0 Å². The lowest BCUT2D eigenvalue weighted by atomic mass is 10.1. The van der Waals surface area contributed by atoms with Crippen LogP contribution in [0.5, 0.6) is 0 Å². The van der Waals surface area contributed by atoms with Crippen molar-refractivity contribution >= 4 is 11.8 Å². The molecule has 154 valence electrons. The topological polar surface area (TPSA) is 40.6 Å². The highest BCUT2D eigenvalue weighted by atomic mass is 19.1. The summed E-state index contributed by atoms with van der Waals surface area (Å²) in [4.78, 5) is 28.2. The van der Waals surface area contributed by atoms with Gasteiger partial charge in [0.05, 0.1) is 0 Å². The summed E-state index contributed by atoms with van der Waals surface area (Å²) in [5.41, 5.74) is 2.24. The Kier molecular flexibility index (Phi) is 6.57. The van der Waals surface area contributed by atoms with E-state index < -0.39 is 0 Å². The third kappa shape index (κ3) is 5.29. The second-order valence-electron chi connectivity index (χ2n) is 7.16. The second kappa shape index (κ2) is 9.31. The lowest BCUT2D eigenvalue weighted by Crippen LogP contribution is -2.27. The molecule has 0 saturated heterocycles. The summed E-state index contributed by atoms with van der Waals surface area (Å²) in [6.07, 6.45) is 0. The molecule has 0 unspecified atom stereocenters. The molecule has 3 aromatic rings. The van der Waals surface area contributed by atoms with Crippen molar-refractivity contribution < 1.29 is 18.4 Å². The third-order valence-corrected chi connectivity index (χ3v) is 4.69. The van der Waals surface area contributed by atoms with Crippen LogP contribution >= 0.6 is 0 Å². The van der Waals surface area contributed by atoms with Gasteiger partial charge in [0.2, 0.25) is 0 Å². The van der Waals surface area contributed by atoms with E-state index in [2.05, 4.69) is 0 Å². The first kappa shape index (κ1) is 21.2. The van der Waals surface area contributed by atoms with Crippen molar-refractivity contribution in [2.45, 2.75) is 13.1 Å². The van der Waals surface area contributed by atoms with E-state index in [1.54, 1.807) is 62.6 Å². The SMILES string of the molecule is CN(Cc1cccc(F)c1)C(=O)c1ccc(C(=O)N(C)Cc2cccc(F)c2)cc1. The summed E-state index contributed by atoms with van der Waals surface area (Å²) in [5.74, 6) is -1.16. The lowest BCUT2D eigenvalue weighted by Gasteiger charge is -2.19. The zero-order valence-electron chi connectivity index (χ0n) is 16.8. The van der Waals surface area contributed by atoms with Crippen LogP contribution in [-0.4, -0.2) is 35.7 Å².